The summed E-state index contributed by atoms with van der Waals surface area (Å²) >= 11 is 3.58. The molecule has 3 unspecified atom stereocenters. The van der Waals surface area contributed by atoms with Crippen molar-refractivity contribution in [3.8, 4) is 0 Å². The van der Waals surface area contributed by atoms with Crippen LogP contribution in [0.3, 0.4) is 0 Å². The Morgan fingerprint density at radius 1 is 1.21 bits per heavy atom. The summed E-state index contributed by atoms with van der Waals surface area (Å²) in [7, 11) is 0. The molecule has 0 bridgehead atoms. The maximum Gasteiger partial charge on any atom is 0.316 e. The lowest BCUT2D eigenvalue weighted by Crippen LogP contribution is -2.40. The zero-order valence-corrected chi connectivity index (χ0v) is 13.6. The van der Waals surface area contributed by atoms with E-state index >= 15 is 0 Å². The predicted molar refractivity (Wildman–Crippen MR) is 82.8 cm³/mol. The largest absolute Gasteiger partial charge is 0.465 e. The molecule has 0 radical (unpaired) electrons. The van der Waals surface area contributed by atoms with Crippen molar-refractivity contribution in [2.75, 3.05) is 18.1 Å². The number of ether oxygens (including phenoxy) is 1. The van der Waals surface area contributed by atoms with E-state index in [0.717, 1.165) is 24.3 Å². The van der Waals surface area contributed by atoms with Crippen LogP contribution in [0, 0.1) is 5.92 Å². The molecule has 0 aromatic carbocycles. The quantitative estimate of drug-likeness (QED) is 0.534. The Morgan fingerprint density at radius 3 is 2.47 bits per heavy atom. The van der Waals surface area contributed by atoms with E-state index in [0.29, 0.717) is 18.3 Å². The van der Waals surface area contributed by atoms with Gasteiger partial charge in [0.15, 0.2) is 5.78 Å². The van der Waals surface area contributed by atoms with Gasteiger partial charge in [-0.1, -0.05) is 20.3 Å². The van der Waals surface area contributed by atoms with Crippen molar-refractivity contribution in [2.24, 2.45) is 5.92 Å². The van der Waals surface area contributed by atoms with Crippen molar-refractivity contribution >= 4 is 35.3 Å². The van der Waals surface area contributed by atoms with E-state index in [1.54, 1.807) is 18.7 Å². The summed E-state index contributed by atoms with van der Waals surface area (Å²) in [5, 5.41) is 0.310. The highest BCUT2D eigenvalue weighted by Gasteiger charge is 2.38. The average Bonchev–Trinajstić information content (AvgIpc) is 2.44. The number of ketones is 1. The van der Waals surface area contributed by atoms with E-state index in [4.69, 9.17) is 4.74 Å². The molecule has 0 N–H and O–H groups in total. The molecule has 1 saturated heterocycles. The molecule has 110 valence electrons. The van der Waals surface area contributed by atoms with Gasteiger partial charge in [-0.25, -0.2) is 0 Å². The fourth-order valence-corrected chi connectivity index (χ4v) is 5.35. The first-order chi connectivity index (χ1) is 9.15. The smallest absolute Gasteiger partial charge is 0.316 e. The van der Waals surface area contributed by atoms with Crippen LogP contribution in [0.15, 0.2) is 0 Å². The molecule has 1 fully saturated rings. The molecule has 0 saturated carbocycles. The molecule has 3 atom stereocenters. The Balaban J connectivity index is 2.76. The zero-order chi connectivity index (χ0) is 14.3. The summed E-state index contributed by atoms with van der Waals surface area (Å²) in [6.45, 7) is 6.24. The van der Waals surface area contributed by atoms with Crippen molar-refractivity contribution in [1.82, 2.24) is 0 Å². The van der Waals surface area contributed by atoms with Crippen LogP contribution in [0.1, 0.15) is 40.0 Å². The Kier molecular flexibility index (Phi) is 7.91. The van der Waals surface area contributed by atoms with Gasteiger partial charge in [0.05, 0.1) is 11.9 Å². The maximum absolute atomic E-state index is 12.6. The molecule has 0 spiro atoms. The summed E-state index contributed by atoms with van der Waals surface area (Å²) in [4.78, 5) is 24.6. The monoisotopic (exact) mass is 304 g/mol. The third-order valence-electron chi connectivity index (χ3n) is 3.23. The Labute approximate surface area is 124 Å². The summed E-state index contributed by atoms with van der Waals surface area (Å²) < 4.78 is 5.06. The lowest BCUT2D eigenvalue weighted by molar-refractivity contribution is -0.151. The second-order valence-corrected chi connectivity index (χ2v) is 7.20. The molecule has 0 aromatic rings. The molecule has 1 aliphatic rings. The number of Topliss-reactive ketones (excluding diaryl/α,β-unsaturated/α-hetero) is 1. The standard InChI is InChI=1S/C14H24O3S2/c1-4-7-10(14(16)17-6-3)12(15)13-11(5-2)18-8-9-19-13/h10-11,13H,4-9H2,1-3H3. The van der Waals surface area contributed by atoms with Gasteiger partial charge in [0.1, 0.15) is 5.92 Å². The Bertz CT molecular complexity index is 307. The summed E-state index contributed by atoms with van der Waals surface area (Å²) in [6.07, 6.45) is 2.42. The third kappa shape index (κ3) is 4.71. The minimum Gasteiger partial charge on any atom is -0.465 e. The molecule has 0 aromatic heterocycles. The topological polar surface area (TPSA) is 43.4 Å². The molecule has 1 rings (SSSR count). The number of hydrogen-bond acceptors (Lipinski definition) is 5. The molecule has 0 aliphatic carbocycles. The Hall–Kier alpha value is -0.160. The first-order valence-electron chi connectivity index (χ1n) is 7.09. The minimum absolute atomic E-state index is 0.0373. The van der Waals surface area contributed by atoms with E-state index < -0.39 is 5.92 Å². The van der Waals surface area contributed by atoms with Crippen LogP contribution in [-0.2, 0) is 14.3 Å². The molecular formula is C14H24O3S2. The van der Waals surface area contributed by atoms with Gasteiger partial charge in [0.2, 0.25) is 0 Å². The minimum atomic E-state index is -0.560. The van der Waals surface area contributed by atoms with Crippen molar-refractivity contribution < 1.29 is 14.3 Å². The summed E-state index contributed by atoms with van der Waals surface area (Å²) in [5.74, 6) is 1.30. The molecule has 0 amide bonds. The molecule has 1 heterocycles. The summed E-state index contributed by atoms with van der Waals surface area (Å²) in [5.41, 5.74) is 0. The van der Waals surface area contributed by atoms with Gasteiger partial charge in [0.25, 0.3) is 0 Å². The second kappa shape index (κ2) is 8.90. The fraction of sp³-hybridized carbons (Fsp3) is 0.857. The van der Waals surface area contributed by atoms with Gasteiger partial charge in [-0.2, -0.15) is 11.8 Å². The number of hydrogen-bond donors (Lipinski definition) is 0. The van der Waals surface area contributed by atoms with Crippen LogP contribution in [0.2, 0.25) is 0 Å². The lowest BCUT2D eigenvalue weighted by Gasteiger charge is -2.30. The third-order valence-corrected chi connectivity index (χ3v) is 6.49. The highest BCUT2D eigenvalue weighted by molar-refractivity contribution is 8.07. The highest BCUT2D eigenvalue weighted by Crippen LogP contribution is 2.35. The Morgan fingerprint density at radius 2 is 1.89 bits per heavy atom. The van der Waals surface area contributed by atoms with E-state index in [9.17, 15) is 9.59 Å². The van der Waals surface area contributed by atoms with E-state index in [2.05, 4.69) is 6.92 Å². The van der Waals surface area contributed by atoms with E-state index in [1.165, 1.54) is 0 Å². The van der Waals surface area contributed by atoms with Gasteiger partial charge in [-0.05, 0) is 19.8 Å². The number of thioether (sulfide) groups is 2. The predicted octanol–water partition coefficient (Wildman–Crippen LogP) is 3.16. The number of carbonyl (C=O) groups is 2. The first kappa shape index (κ1) is 16.9. The first-order valence-corrected chi connectivity index (χ1v) is 9.18. The number of carbonyl (C=O) groups excluding carboxylic acids is 2. The fourth-order valence-electron chi connectivity index (χ4n) is 2.27. The van der Waals surface area contributed by atoms with Crippen LogP contribution in [0.25, 0.3) is 0 Å². The highest BCUT2D eigenvalue weighted by atomic mass is 32.2. The van der Waals surface area contributed by atoms with Gasteiger partial charge in [-0.3, -0.25) is 9.59 Å². The number of esters is 1. The van der Waals surface area contributed by atoms with Gasteiger partial charge >= 0.3 is 5.97 Å². The second-order valence-electron chi connectivity index (χ2n) is 4.60. The van der Waals surface area contributed by atoms with Crippen LogP contribution in [0.4, 0.5) is 0 Å². The summed E-state index contributed by atoms with van der Waals surface area (Å²) in [6, 6.07) is 0. The van der Waals surface area contributed by atoms with Crippen molar-refractivity contribution in [1.29, 1.82) is 0 Å². The van der Waals surface area contributed by atoms with Crippen LogP contribution in [-0.4, -0.2) is 40.4 Å². The van der Waals surface area contributed by atoms with E-state index in [1.807, 2.05) is 18.7 Å². The normalized spacial score (nSPS) is 24.8. The number of rotatable bonds is 7. The van der Waals surface area contributed by atoms with Crippen molar-refractivity contribution in [3.05, 3.63) is 0 Å². The van der Waals surface area contributed by atoms with Crippen molar-refractivity contribution in [3.63, 3.8) is 0 Å². The van der Waals surface area contributed by atoms with Gasteiger partial charge in [0, 0.05) is 16.8 Å². The molecule has 1 aliphatic heterocycles. The van der Waals surface area contributed by atoms with Gasteiger partial charge < -0.3 is 4.74 Å². The SMILES string of the molecule is CCCC(C(=O)OCC)C(=O)C1SCCSC1CC. The van der Waals surface area contributed by atoms with Crippen molar-refractivity contribution in [2.45, 2.75) is 50.5 Å². The molecule has 5 heteroatoms. The van der Waals surface area contributed by atoms with Crippen LogP contribution in [0.5, 0.6) is 0 Å². The zero-order valence-electron chi connectivity index (χ0n) is 12.0. The van der Waals surface area contributed by atoms with Crippen LogP contribution < -0.4 is 0 Å². The molecular weight excluding hydrogens is 280 g/mol. The average molecular weight is 304 g/mol. The van der Waals surface area contributed by atoms with Crippen LogP contribution >= 0.6 is 23.5 Å². The molecule has 19 heavy (non-hydrogen) atoms. The molecule has 3 nitrogen and oxygen atoms in total. The lowest BCUT2D eigenvalue weighted by atomic mass is 9.94. The van der Waals surface area contributed by atoms with Gasteiger partial charge in [-0.15, -0.1) is 11.8 Å². The van der Waals surface area contributed by atoms with E-state index in [-0.39, 0.29) is 17.0 Å². The maximum atomic E-state index is 12.6.